The van der Waals surface area contributed by atoms with E-state index in [4.69, 9.17) is 4.74 Å². The highest BCUT2D eigenvalue weighted by atomic mass is 16.5. The Morgan fingerprint density at radius 1 is 0.875 bits per heavy atom. The molecule has 0 bridgehead atoms. The molecule has 3 nitrogen and oxygen atoms in total. The van der Waals surface area contributed by atoms with Crippen LogP contribution in [-0.4, -0.2) is 30.1 Å². The van der Waals surface area contributed by atoms with Crippen LogP contribution in [-0.2, 0) is 27.8 Å². The van der Waals surface area contributed by atoms with Crippen LogP contribution < -0.4 is 0 Å². The van der Waals surface area contributed by atoms with Crippen molar-refractivity contribution >= 4 is 71.0 Å². The Bertz CT molecular complexity index is 2820. The van der Waals surface area contributed by atoms with Gasteiger partial charge >= 0.3 is 5.97 Å². The smallest absolute Gasteiger partial charge is 0.305 e. The Kier molecular flexibility index (Phi) is 3.79. The number of esters is 1. The van der Waals surface area contributed by atoms with Gasteiger partial charge in [0.15, 0.2) is 0 Å². The number of allylic oxidation sites excluding steroid dienone is 3. The van der Waals surface area contributed by atoms with Crippen LogP contribution in [0.25, 0.3) is 65.0 Å². The maximum atomic E-state index is 12.3. The minimum atomic E-state index is -0.111. The van der Waals surface area contributed by atoms with E-state index in [1.807, 2.05) is 0 Å². The van der Waals surface area contributed by atoms with Gasteiger partial charge < -0.3 is 4.74 Å². The summed E-state index contributed by atoms with van der Waals surface area (Å²) < 4.78 is 5.07. The van der Waals surface area contributed by atoms with Gasteiger partial charge in [-0.3, -0.25) is 9.69 Å². The van der Waals surface area contributed by atoms with Crippen LogP contribution in [0, 0.1) is 0 Å². The van der Waals surface area contributed by atoms with E-state index in [1.165, 1.54) is 40.8 Å². The molecule has 0 aromatic heterocycles. The summed E-state index contributed by atoms with van der Waals surface area (Å²) in [6.07, 6.45) is 13.5. The van der Waals surface area contributed by atoms with Gasteiger partial charge in [-0.15, -0.1) is 0 Å². The fourth-order valence-corrected chi connectivity index (χ4v) is 13.1. The normalized spacial score (nSPS) is 27.0. The number of nitrogens with zero attached hydrogens (tertiary/aromatic N) is 1. The predicted molar refractivity (Wildman–Crippen MR) is 192 cm³/mol. The number of likely N-dealkylation sites (tertiary alicyclic amines) is 1. The number of rotatable bonds is 6. The van der Waals surface area contributed by atoms with Gasteiger partial charge in [-0.2, -0.15) is 0 Å². The summed E-state index contributed by atoms with van der Waals surface area (Å²) in [6, 6.07) is 21.9. The largest absolute Gasteiger partial charge is 0.469 e. The van der Waals surface area contributed by atoms with Gasteiger partial charge in [0.1, 0.15) is 0 Å². The molecule has 228 valence electrons. The lowest BCUT2D eigenvalue weighted by Crippen LogP contribution is -2.74. The van der Waals surface area contributed by atoms with Gasteiger partial charge in [-0.05, 0) is 148 Å². The molecule has 0 saturated carbocycles. The molecular formula is C45H31NO2. The van der Waals surface area contributed by atoms with E-state index in [9.17, 15) is 4.79 Å². The van der Waals surface area contributed by atoms with E-state index < -0.39 is 0 Å². The number of carbonyl (C=O) groups is 1. The summed E-state index contributed by atoms with van der Waals surface area (Å²) in [5, 5.41) is 15.6. The van der Waals surface area contributed by atoms with Crippen molar-refractivity contribution in [2.24, 2.45) is 0 Å². The summed E-state index contributed by atoms with van der Waals surface area (Å²) in [5.41, 5.74) is 16.0. The van der Waals surface area contributed by atoms with Crippen molar-refractivity contribution in [1.82, 2.24) is 4.90 Å². The highest BCUT2D eigenvalue weighted by Crippen LogP contribution is 2.75. The van der Waals surface area contributed by atoms with Crippen LogP contribution in [0.3, 0.4) is 0 Å². The highest BCUT2D eigenvalue weighted by Gasteiger charge is 2.70. The Hall–Kier alpha value is -4.73. The number of hydrogen-bond acceptors (Lipinski definition) is 3. The van der Waals surface area contributed by atoms with Gasteiger partial charge in [0.05, 0.1) is 12.5 Å². The zero-order chi connectivity index (χ0) is 30.9. The number of carbonyl (C=O) groups excluding carboxylic acids is 1. The Morgan fingerprint density at radius 3 is 2.50 bits per heavy atom. The van der Waals surface area contributed by atoms with E-state index in [-0.39, 0.29) is 23.5 Å². The molecule has 3 unspecified atom stereocenters. The molecule has 3 heteroatoms. The van der Waals surface area contributed by atoms with Crippen LogP contribution in [0.5, 0.6) is 0 Å². The summed E-state index contributed by atoms with van der Waals surface area (Å²) in [4.78, 5) is 15.1. The molecule has 14 rings (SSSR count). The van der Waals surface area contributed by atoms with Crippen LogP contribution in [0.1, 0.15) is 76.6 Å². The van der Waals surface area contributed by atoms with Crippen molar-refractivity contribution in [3.8, 4) is 0 Å². The second-order valence-electron chi connectivity index (χ2n) is 16.0. The van der Waals surface area contributed by atoms with E-state index in [2.05, 4.69) is 77.7 Å². The maximum Gasteiger partial charge on any atom is 0.305 e. The first-order chi connectivity index (χ1) is 23.7. The monoisotopic (exact) mass is 617 g/mol. The van der Waals surface area contributed by atoms with Crippen molar-refractivity contribution in [1.29, 1.82) is 0 Å². The number of ether oxygens (including phenoxy) is 1. The predicted octanol–water partition coefficient (Wildman–Crippen LogP) is 9.47. The molecule has 0 N–H and O–H groups in total. The van der Waals surface area contributed by atoms with E-state index >= 15 is 0 Å². The van der Waals surface area contributed by atoms with Crippen LogP contribution >= 0.6 is 0 Å². The SMILES string of the molecule is COC(=O)CCCC(c1ccccc1)N1C2C=CC3=C4c5c6c7c(cc8ccc9cc%10c%11c%12c(c5c5c%11c9c8c75)[C@]42[C@@H]1C=C%12C%10)CC6C3. The third kappa shape index (κ3) is 2.23. The molecule has 0 radical (unpaired) electrons. The molecule has 1 saturated heterocycles. The quantitative estimate of drug-likeness (QED) is 0.138. The average molecular weight is 618 g/mol. The van der Waals surface area contributed by atoms with Crippen molar-refractivity contribution in [2.75, 3.05) is 7.11 Å². The number of hydrogen-bond donors (Lipinski definition) is 0. The Morgan fingerprint density at radius 2 is 1.67 bits per heavy atom. The molecule has 48 heavy (non-hydrogen) atoms. The van der Waals surface area contributed by atoms with Crippen molar-refractivity contribution < 1.29 is 9.53 Å². The van der Waals surface area contributed by atoms with E-state index in [0.717, 1.165) is 25.7 Å². The van der Waals surface area contributed by atoms with Crippen molar-refractivity contribution in [3.05, 3.63) is 117 Å². The highest BCUT2D eigenvalue weighted by molar-refractivity contribution is 6.48. The molecule has 1 spiro atoms. The second-order valence-corrected chi connectivity index (χ2v) is 16.0. The van der Waals surface area contributed by atoms with E-state index in [1.54, 1.807) is 82.2 Å². The minimum absolute atomic E-state index is 0.0408. The first kappa shape index (κ1) is 24.4. The average Bonchev–Trinajstić information content (AvgIpc) is 3.85. The number of methoxy groups -OCH3 is 1. The Balaban J connectivity index is 1.11. The lowest BCUT2D eigenvalue weighted by Gasteiger charge is -2.67. The van der Waals surface area contributed by atoms with Gasteiger partial charge in [-0.1, -0.05) is 72.8 Å². The van der Waals surface area contributed by atoms with Gasteiger partial charge in [0.2, 0.25) is 0 Å². The first-order valence-corrected chi connectivity index (χ1v) is 18.0. The summed E-state index contributed by atoms with van der Waals surface area (Å²) in [7, 11) is 1.51. The number of benzene rings is 6. The molecule has 5 atom stereocenters. The van der Waals surface area contributed by atoms with E-state index in [0.29, 0.717) is 18.4 Å². The maximum absolute atomic E-state index is 12.3. The minimum Gasteiger partial charge on any atom is -0.469 e. The van der Waals surface area contributed by atoms with Crippen LogP contribution in [0.2, 0.25) is 0 Å². The van der Waals surface area contributed by atoms with Gasteiger partial charge in [0, 0.05) is 24.5 Å². The van der Waals surface area contributed by atoms with Crippen LogP contribution in [0.15, 0.2) is 78.4 Å². The molecule has 1 fully saturated rings. The van der Waals surface area contributed by atoms with Crippen molar-refractivity contribution in [2.45, 2.75) is 68.0 Å². The molecule has 1 heterocycles. The second kappa shape index (κ2) is 7.46. The molecule has 1 aliphatic heterocycles. The van der Waals surface area contributed by atoms with Gasteiger partial charge in [-0.25, -0.2) is 0 Å². The zero-order valence-electron chi connectivity index (χ0n) is 26.7. The van der Waals surface area contributed by atoms with Crippen LogP contribution in [0.4, 0.5) is 0 Å². The van der Waals surface area contributed by atoms with Gasteiger partial charge in [0.25, 0.3) is 0 Å². The fraction of sp³-hybridized carbons (Fsp3) is 0.267. The summed E-state index contributed by atoms with van der Waals surface area (Å²) in [6.45, 7) is 0. The molecule has 7 aromatic rings. The zero-order valence-corrected chi connectivity index (χ0v) is 26.7. The third-order valence-electron chi connectivity index (χ3n) is 14.3. The molecule has 7 aliphatic rings. The lowest BCUT2D eigenvalue weighted by atomic mass is 9.51. The molecular weight excluding hydrogens is 587 g/mol. The van der Waals surface area contributed by atoms with Crippen molar-refractivity contribution in [3.63, 3.8) is 0 Å². The fourth-order valence-electron chi connectivity index (χ4n) is 13.1. The topological polar surface area (TPSA) is 29.5 Å². The summed E-state index contributed by atoms with van der Waals surface area (Å²) >= 11 is 0. The molecule has 7 aromatic carbocycles. The Labute approximate surface area is 277 Å². The molecule has 6 aliphatic carbocycles. The third-order valence-corrected chi connectivity index (χ3v) is 14.3. The first-order valence-electron chi connectivity index (χ1n) is 18.0. The standard InChI is InChI=1S/C45H31NO2/c1-48-31(47)9-5-8-28(20-6-3-2-4-7-20)46-29-13-12-23-16-26-17-24-14-21-10-11-22-15-25-18-27-19-30(46)45(29)43(23)41-35(26)34(24)38-32(21)33(22)39-36(25)37(27)44(45)42(41)40(38)39/h2-4,6-7,10-15,19,26,28-30H,5,8-9,16-18H2,1H3/t26?,28?,29?,30-,45+/m0/s1. The molecule has 0 amide bonds. The summed E-state index contributed by atoms with van der Waals surface area (Å²) in [5.74, 6) is 0.469. The lowest BCUT2D eigenvalue weighted by molar-refractivity contribution is -0.140.